The number of carbonyl (C=O) groups excluding carboxylic acids is 2. The average molecular weight is 479 g/mol. The first kappa shape index (κ1) is 27.3. The molecule has 0 saturated carbocycles. The number of nitrogens with zero attached hydrogens (tertiary/aromatic N) is 2. The fourth-order valence-electron chi connectivity index (χ4n) is 2.21. The Bertz CT molecular complexity index is 932. The van der Waals surface area contributed by atoms with Crippen molar-refractivity contribution in [2.45, 2.75) is 37.7 Å². The molecule has 0 fully saturated rings. The highest BCUT2D eigenvalue weighted by Gasteiger charge is 2.21. The molecule has 0 aliphatic carbocycles. The van der Waals surface area contributed by atoms with Crippen molar-refractivity contribution < 1.29 is 19.1 Å². The monoisotopic (exact) mass is 478 g/mol. The van der Waals surface area contributed by atoms with Crippen LogP contribution in [-0.2, 0) is 19.1 Å². The molecule has 174 valence electrons. The van der Waals surface area contributed by atoms with Crippen molar-refractivity contribution in [1.82, 2.24) is 9.97 Å². The van der Waals surface area contributed by atoms with Crippen LogP contribution in [0.2, 0.25) is 0 Å². The van der Waals surface area contributed by atoms with Gasteiger partial charge in [0, 0.05) is 6.20 Å². The van der Waals surface area contributed by atoms with E-state index in [1.807, 2.05) is 38.5 Å². The molecule has 0 unspecified atom stereocenters. The molecule has 2 rings (SSSR count). The minimum absolute atomic E-state index is 0.179. The van der Waals surface area contributed by atoms with Crippen molar-refractivity contribution in [3.8, 4) is 0 Å². The second kappa shape index (κ2) is 14.4. The molecule has 0 aliphatic heterocycles. The molecule has 0 atom stereocenters. The van der Waals surface area contributed by atoms with Gasteiger partial charge in [0.15, 0.2) is 5.57 Å². The molecular formula is C22H30N4O4S2. The number of nitrogens with two attached hydrogens (primary N) is 1. The summed E-state index contributed by atoms with van der Waals surface area (Å²) < 4.78 is 9.72. The van der Waals surface area contributed by atoms with E-state index in [4.69, 9.17) is 15.2 Å². The lowest BCUT2D eigenvalue weighted by atomic mass is 10.2. The first-order chi connectivity index (χ1) is 15.3. The third-order valence-electron chi connectivity index (χ3n) is 3.99. The maximum absolute atomic E-state index is 11.8. The zero-order valence-electron chi connectivity index (χ0n) is 19.2. The highest BCUT2D eigenvalue weighted by Crippen LogP contribution is 2.20. The van der Waals surface area contributed by atoms with Gasteiger partial charge >= 0.3 is 11.9 Å². The molecule has 32 heavy (non-hydrogen) atoms. The number of rotatable bonds is 8. The summed E-state index contributed by atoms with van der Waals surface area (Å²) >= 11 is 3.16. The largest absolute Gasteiger partial charge is 0.462 e. The van der Waals surface area contributed by atoms with Gasteiger partial charge in [0.2, 0.25) is 0 Å². The van der Waals surface area contributed by atoms with Gasteiger partial charge < -0.3 is 20.5 Å². The molecule has 0 amide bonds. The van der Waals surface area contributed by atoms with Gasteiger partial charge in [-0.15, -0.1) is 23.5 Å². The number of aryl methyl sites for hydroxylation is 2. The Labute approximate surface area is 197 Å². The van der Waals surface area contributed by atoms with Crippen LogP contribution in [0.1, 0.15) is 25.0 Å². The molecule has 2 aromatic heterocycles. The van der Waals surface area contributed by atoms with E-state index in [2.05, 4.69) is 15.3 Å². The van der Waals surface area contributed by atoms with Crippen LogP contribution in [0.25, 0.3) is 0 Å². The van der Waals surface area contributed by atoms with E-state index in [0.717, 1.165) is 26.9 Å². The van der Waals surface area contributed by atoms with Crippen LogP contribution in [0.5, 0.6) is 0 Å². The summed E-state index contributed by atoms with van der Waals surface area (Å²) in [5.41, 5.74) is 8.89. The van der Waals surface area contributed by atoms with E-state index in [9.17, 15) is 9.59 Å². The maximum atomic E-state index is 11.8. The van der Waals surface area contributed by atoms with Gasteiger partial charge in [-0.1, -0.05) is 0 Å². The Kier molecular flexibility index (Phi) is 12.3. The number of pyridine rings is 2. The maximum Gasteiger partial charge on any atom is 0.347 e. The van der Waals surface area contributed by atoms with Gasteiger partial charge in [-0.2, -0.15) is 0 Å². The first-order valence-corrected chi connectivity index (χ1v) is 12.3. The van der Waals surface area contributed by atoms with Crippen LogP contribution in [0.4, 0.5) is 11.4 Å². The second-order valence-corrected chi connectivity index (χ2v) is 7.92. The second-order valence-electron chi connectivity index (χ2n) is 6.27. The van der Waals surface area contributed by atoms with Crippen molar-refractivity contribution in [3.63, 3.8) is 0 Å². The molecule has 8 nitrogen and oxygen atoms in total. The van der Waals surface area contributed by atoms with Crippen molar-refractivity contribution in [2.24, 2.45) is 0 Å². The van der Waals surface area contributed by atoms with Gasteiger partial charge in [-0.05, 0) is 63.5 Å². The summed E-state index contributed by atoms with van der Waals surface area (Å²) in [4.78, 5) is 32.0. The number of esters is 2. The van der Waals surface area contributed by atoms with Crippen molar-refractivity contribution in [3.05, 3.63) is 47.4 Å². The Balaban J connectivity index is 0.000000425. The summed E-state index contributed by atoms with van der Waals surface area (Å²) in [5, 5.41) is 4.82. The third-order valence-corrected chi connectivity index (χ3v) is 5.28. The lowest BCUT2D eigenvalue weighted by Crippen LogP contribution is -2.19. The van der Waals surface area contributed by atoms with E-state index < -0.39 is 11.9 Å². The molecule has 0 saturated heterocycles. The molecule has 3 N–H and O–H groups in total. The fourth-order valence-corrected chi connectivity index (χ4v) is 3.12. The van der Waals surface area contributed by atoms with Crippen LogP contribution in [0.15, 0.2) is 46.4 Å². The fraction of sp³-hybridized carbons (Fsp3) is 0.364. The van der Waals surface area contributed by atoms with Crippen LogP contribution in [0.3, 0.4) is 0 Å². The van der Waals surface area contributed by atoms with Crippen LogP contribution in [0, 0.1) is 13.8 Å². The Morgan fingerprint density at radius 3 is 1.91 bits per heavy atom. The summed E-state index contributed by atoms with van der Waals surface area (Å²) in [6.07, 6.45) is 8.57. The summed E-state index contributed by atoms with van der Waals surface area (Å²) in [7, 11) is 0. The van der Waals surface area contributed by atoms with Gasteiger partial charge in [-0.3, -0.25) is 0 Å². The first-order valence-electron chi connectivity index (χ1n) is 9.84. The molecule has 10 heteroatoms. The van der Waals surface area contributed by atoms with Gasteiger partial charge in [-0.25, -0.2) is 19.6 Å². The van der Waals surface area contributed by atoms with Crippen LogP contribution >= 0.6 is 23.5 Å². The van der Waals surface area contributed by atoms with E-state index in [1.165, 1.54) is 18.0 Å². The van der Waals surface area contributed by atoms with Gasteiger partial charge in [0.25, 0.3) is 0 Å². The molecule has 2 heterocycles. The van der Waals surface area contributed by atoms with E-state index in [1.54, 1.807) is 38.0 Å². The zero-order valence-corrected chi connectivity index (χ0v) is 20.9. The predicted molar refractivity (Wildman–Crippen MR) is 131 cm³/mol. The summed E-state index contributed by atoms with van der Waals surface area (Å²) in [5.74, 6) is -1.44. The molecule has 0 aromatic carbocycles. The normalized spacial score (nSPS) is 9.81. The quantitative estimate of drug-likeness (QED) is 0.188. The molecule has 0 radical (unpaired) electrons. The number of nitrogens with one attached hydrogen (secondary N) is 1. The number of anilines is 2. The van der Waals surface area contributed by atoms with E-state index in [0.29, 0.717) is 5.69 Å². The molecule has 0 spiro atoms. The van der Waals surface area contributed by atoms with Gasteiger partial charge in [0.05, 0.1) is 47.0 Å². The number of hydrogen-bond donors (Lipinski definition) is 2. The number of nitrogen functional groups attached to an aromatic ring is 1. The Hall–Kier alpha value is -2.72. The minimum Gasteiger partial charge on any atom is -0.462 e. The number of carbonyl (C=O) groups is 2. The topological polar surface area (TPSA) is 116 Å². The van der Waals surface area contributed by atoms with Crippen LogP contribution in [-0.4, -0.2) is 47.6 Å². The highest BCUT2D eigenvalue weighted by molar-refractivity contribution is 7.98. The molecule has 0 bridgehead atoms. The summed E-state index contributed by atoms with van der Waals surface area (Å²) in [6, 6.07) is 3.90. The number of hydrogen-bond acceptors (Lipinski definition) is 10. The Morgan fingerprint density at radius 1 is 0.969 bits per heavy atom. The number of aromatic nitrogens is 2. The molecule has 2 aromatic rings. The SMILES string of the molecule is CCOC(=O)C(=CNc1cnc(SC)cc1C)C(=O)OCC.CSc1cc(C)c(N)cn1. The van der Waals surface area contributed by atoms with Gasteiger partial charge in [0.1, 0.15) is 0 Å². The highest BCUT2D eigenvalue weighted by atomic mass is 32.2. The smallest absolute Gasteiger partial charge is 0.347 e. The summed E-state index contributed by atoms with van der Waals surface area (Å²) in [6.45, 7) is 7.59. The van der Waals surface area contributed by atoms with E-state index >= 15 is 0 Å². The number of ether oxygens (including phenoxy) is 2. The van der Waals surface area contributed by atoms with Crippen LogP contribution < -0.4 is 11.1 Å². The minimum atomic E-state index is -0.722. The molecular weight excluding hydrogens is 448 g/mol. The van der Waals surface area contributed by atoms with Crippen molar-refractivity contribution in [2.75, 3.05) is 36.8 Å². The average Bonchev–Trinajstić information content (AvgIpc) is 2.77. The Morgan fingerprint density at radius 2 is 1.47 bits per heavy atom. The third kappa shape index (κ3) is 8.80. The number of thioether (sulfide) groups is 2. The predicted octanol–water partition coefficient (Wildman–Crippen LogP) is 4.23. The lowest BCUT2D eigenvalue weighted by Gasteiger charge is -2.09. The standard InChI is InChI=1S/C15H20N2O4S.C7H10N2S/c1-5-20-14(18)11(15(19)21-6-2)8-16-12-9-17-13(22-4)7-10(12)3;1-5-3-7(10-2)9-4-6(5)8/h7-9,16H,5-6H2,1-4H3;3-4H,8H2,1-2H3. The lowest BCUT2D eigenvalue weighted by molar-refractivity contribution is -0.146. The van der Waals surface area contributed by atoms with Crippen molar-refractivity contribution in [1.29, 1.82) is 0 Å². The van der Waals surface area contributed by atoms with E-state index in [-0.39, 0.29) is 18.8 Å². The zero-order chi connectivity index (χ0) is 24.1. The molecule has 0 aliphatic rings. The van der Waals surface area contributed by atoms with Crippen molar-refractivity contribution >= 4 is 46.8 Å².